The van der Waals surface area contributed by atoms with Crippen molar-refractivity contribution in [1.82, 2.24) is 15.5 Å². The highest BCUT2D eigenvalue weighted by Gasteiger charge is 2.36. The molecule has 0 radical (unpaired) electrons. The number of alkyl halides is 3. The molecule has 0 unspecified atom stereocenters. The van der Waals surface area contributed by atoms with Crippen LogP contribution in [0.5, 0.6) is 5.75 Å². The molecule has 11 heteroatoms. The van der Waals surface area contributed by atoms with Gasteiger partial charge in [0.2, 0.25) is 0 Å². The van der Waals surface area contributed by atoms with E-state index in [1.807, 2.05) is 0 Å². The molecule has 1 aliphatic heterocycles. The number of ether oxygens (including phenoxy) is 1. The number of ketones is 1. The number of hydrogen-bond donors (Lipinski definition) is 2. The lowest BCUT2D eigenvalue weighted by Crippen LogP contribution is -2.45. The zero-order valence-corrected chi connectivity index (χ0v) is 18.7. The summed E-state index contributed by atoms with van der Waals surface area (Å²) in [5.41, 5.74) is -1.27. The number of carbonyl (C=O) groups is 2. The number of piperazine rings is 1. The van der Waals surface area contributed by atoms with E-state index in [9.17, 15) is 22.8 Å². The number of nitrogens with one attached hydrogen (secondary N) is 2. The average Bonchev–Trinajstić information content (AvgIpc) is 2.88. The van der Waals surface area contributed by atoms with Crippen molar-refractivity contribution in [3.8, 4) is 5.75 Å². The van der Waals surface area contributed by atoms with E-state index in [1.165, 1.54) is 19.2 Å². The van der Waals surface area contributed by atoms with Gasteiger partial charge in [-0.05, 0) is 30.3 Å². The fraction of sp³-hybridized carbons (Fsp3) is 0.250. The molecule has 8 nitrogen and oxygen atoms in total. The third-order valence-electron chi connectivity index (χ3n) is 5.54. The number of aromatic nitrogens is 2. The van der Waals surface area contributed by atoms with Crippen LogP contribution in [0.15, 0.2) is 54.7 Å². The highest BCUT2D eigenvalue weighted by Crippen LogP contribution is 2.35. The van der Waals surface area contributed by atoms with Gasteiger partial charge in [-0.1, -0.05) is 18.2 Å². The third-order valence-corrected chi connectivity index (χ3v) is 5.54. The van der Waals surface area contributed by atoms with E-state index in [1.54, 1.807) is 29.2 Å². The van der Waals surface area contributed by atoms with Gasteiger partial charge in [-0.25, -0.2) is 0 Å². The van der Waals surface area contributed by atoms with Gasteiger partial charge >= 0.3 is 6.18 Å². The molecule has 1 aromatic heterocycles. The smallest absolute Gasteiger partial charge is 0.417 e. The Balaban J connectivity index is 1.78. The maximum atomic E-state index is 13.6. The van der Waals surface area contributed by atoms with Crippen molar-refractivity contribution in [2.45, 2.75) is 6.18 Å². The number of rotatable bonds is 6. The van der Waals surface area contributed by atoms with Crippen molar-refractivity contribution in [3.63, 3.8) is 0 Å². The summed E-state index contributed by atoms with van der Waals surface area (Å²) in [4.78, 5) is 28.4. The van der Waals surface area contributed by atoms with Gasteiger partial charge in [0.1, 0.15) is 5.75 Å². The zero-order chi connectivity index (χ0) is 25.0. The molecule has 0 saturated carbocycles. The minimum atomic E-state index is -4.73. The van der Waals surface area contributed by atoms with Gasteiger partial charge in [-0.2, -0.15) is 18.3 Å². The molecule has 4 rings (SSSR count). The van der Waals surface area contributed by atoms with Crippen LogP contribution in [0.25, 0.3) is 0 Å². The molecule has 0 atom stereocenters. The summed E-state index contributed by atoms with van der Waals surface area (Å²) in [7, 11) is 1.52. The van der Waals surface area contributed by atoms with E-state index in [-0.39, 0.29) is 16.9 Å². The number of halogens is 3. The fourth-order valence-corrected chi connectivity index (χ4v) is 3.85. The van der Waals surface area contributed by atoms with Gasteiger partial charge in [-0.3, -0.25) is 9.59 Å². The van der Waals surface area contributed by atoms with E-state index in [0.717, 1.165) is 18.3 Å². The molecule has 35 heavy (non-hydrogen) atoms. The first-order chi connectivity index (χ1) is 16.8. The molecule has 182 valence electrons. The second-order valence-corrected chi connectivity index (χ2v) is 7.75. The summed E-state index contributed by atoms with van der Waals surface area (Å²) in [5.74, 6) is -0.935. The van der Waals surface area contributed by atoms with Gasteiger partial charge in [0, 0.05) is 37.4 Å². The summed E-state index contributed by atoms with van der Waals surface area (Å²) in [6.07, 6.45) is -3.62. The molecule has 2 heterocycles. The predicted molar refractivity (Wildman–Crippen MR) is 123 cm³/mol. The second kappa shape index (κ2) is 10.1. The van der Waals surface area contributed by atoms with E-state index < -0.39 is 29.0 Å². The minimum absolute atomic E-state index is 0.126. The third kappa shape index (κ3) is 5.24. The van der Waals surface area contributed by atoms with E-state index in [0.29, 0.717) is 37.6 Å². The predicted octanol–water partition coefficient (Wildman–Crippen LogP) is 3.40. The molecular weight excluding hydrogens is 463 g/mol. The molecule has 1 fully saturated rings. The average molecular weight is 485 g/mol. The maximum Gasteiger partial charge on any atom is 0.417 e. The van der Waals surface area contributed by atoms with E-state index in [4.69, 9.17) is 4.74 Å². The molecule has 3 aromatic rings. The Morgan fingerprint density at radius 3 is 2.37 bits per heavy atom. The Morgan fingerprint density at radius 1 is 1.03 bits per heavy atom. The molecule has 2 N–H and O–H groups in total. The number of carbonyl (C=O) groups excluding carboxylic acids is 2. The summed E-state index contributed by atoms with van der Waals surface area (Å²) in [6.45, 7) is 1.98. The van der Waals surface area contributed by atoms with E-state index in [2.05, 4.69) is 20.8 Å². The standard InChI is InChI=1S/C24H22F3N5O3/c1-35-16-8-6-15(7-9-16)30-23(34)20-21(32-12-10-28-11-13-32)18(14-29-31-20)22(33)17-4-2-3-5-19(17)24(25,26)27/h2-9,14,28H,10-13H2,1H3,(H,30,34). The van der Waals surface area contributed by atoms with Crippen molar-refractivity contribution in [2.75, 3.05) is 43.5 Å². The lowest BCUT2D eigenvalue weighted by atomic mass is 9.97. The van der Waals surface area contributed by atoms with Crippen molar-refractivity contribution in [2.24, 2.45) is 0 Å². The maximum absolute atomic E-state index is 13.6. The Kier molecular flexibility index (Phi) is 6.97. The fourth-order valence-electron chi connectivity index (χ4n) is 3.85. The monoisotopic (exact) mass is 485 g/mol. The molecule has 0 aliphatic carbocycles. The molecule has 1 saturated heterocycles. The molecule has 0 bridgehead atoms. The number of hydrogen-bond acceptors (Lipinski definition) is 7. The van der Waals surface area contributed by atoms with Crippen LogP contribution < -0.4 is 20.3 Å². The van der Waals surface area contributed by atoms with Crippen molar-refractivity contribution >= 4 is 23.1 Å². The molecule has 0 spiro atoms. The Morgan fingerprint density at radius 2 is 1.71 bits per heavy atom. The Labute approximate surface area is 199 Å². The lowest BCUT2D eigenvalue weighted by molar-refractivity contribution is -0.137. The highest BCUT2D eigenvalue weighted by molar-refractivity contribution is 6.17. The Bertz CT molecular complexity index is 1230. The van der Waals surface area contributed by atoms with Crippen LogP contribution in [0.1, 0.15) is 32.0 Å². The van der Waals surface area contributed by atoms with Crippen LogP contribution in [-0.2, 0) is 6.18 Å². The molecular formula is C24H22F3N5O3. The van der Waals surface area contributed by atoms with Crippen molar-refractivity contribution in [1.29, 1.82) is 0 Å². The molecule has 1 aliphatic rings. The number of benzene rings is 2. The van der Waals surface area contributed by atoms with Gasteiger partial charge in [-0.15, -0.1) is 5.10 Å². The first-order valence-electron chi connectivity index (χ1n) is 10.8. The van der Waals surface area contributed by atoms with Crippen LogP contribution >= 0.6 is 0 Å². The zero-order valence-electron chi connectivity index (χ0n) is 18.7. The van der Waals surface area contributed by atoms with Gasteiger partial charge in [0.05, 0.1) is 30.1 Å². The summed E-state index contributed by atoms with van der Waals surface area (Å²) < 4.78 is 45.9. The molecule has 1 amide bonds. The summed E-state index contributed by atoms with van der Waals surface area (Å²) >= 11 is 0. The van der Waals surface area contributed by atoms with Crippen LogP contribution in [0.3, 0.4) is 0 Å². The van der Waals surface area contributed by atoms with Crippen molar-refractivity contribution < 1.29 is 27.5 Å². The van der Waals surface area contributed by atoms with Crippen LogP contribution in [0.2, 0.25) is 0 Å². The lowest BCUT2D eigenvalue weighted by Gasteiger charge is -2.31. The molecule has 2 aromatic carbocycles. The number of methoxy groups -OCH3 is 1. The first kappa shape index (κ1) is 24.1. The SMILES string of the molecule is COc1ccc(NC(=O)c2nncc(C(=O)c3ccccc3C(F)(F)F)c2N2CCNCC2)cc1. The first-order valence-corrected chi connectivity index (χ1v) is 10.8. The van der Waals surface area contributed by atoms with E-state index >= 15 is 0 Å². The number of amides is 1. The largest absolute Gasteiger partial charge is 0.497 e. The number of nitrogens with zero attached hydrogens (tertiary/aromatic N) is 3. The van der Waals surface area contributed by atoms with Crippen LogP contribution in [0.4, 0.5) is 24.5 Å². The van der Waals surface area contributed by atoms with Crippen LogP contribution in [0, 0.1) is 0 Å². The number of anilines is 2. The Hall–Kier alpha value is -3.99. The quantitative estimate of drug-likeness (QED) is 0.517. The minimum Gasteiger partial charge on any atom is -0.497 e. The summed E-state index contributed by atoms with van der Waals surface area (Å²) in [6, 6.07) is 11.1. The van der Waals surface area contributed by atoms with Crippen LogP contribution in [-0.4, -0.2) is 55.2 Å². The van der Waals surface area contributed by atoms with Gasteiger partial charge in [0.15, 0.2) is 11.5 Å². The topological polar surface area (TPSA) is 96.5 Å². The van der Waals surface area contributed by atoms with Gasteiger partial charge < -0.3 is 20.3 Å². The van der Waals surface area contributed by atoms with Crippen molar-refractivity contribution in [3.05, 3.63) is 77.1 Å². The van der Waals surface area contributed by atoms with Gasteiger partial charge in [0.25, 0.3) is 5.91 Å². The second-order valence-electron chi connectivity index (χ2n) is 7.75. The normalized spacial score (nSPS) is 13.9. The highest BCUT2D eigenvalue weighted by atomic mass is 19.4. The summed E-state index contributed by atoms with van der Waals surface area (Å²) in [5, 5.41) is 13.6.